The van der Waals surface area contributed by atoms with Gasteiger partial charge in [0.2, 0.25) is 0 Å². The fraction of sp³-hybridized carbons (Fsp3) is 0.538. The summed E-state index contributed by atoms with van der Waals surface area (Å²) in [5.74, 6) is 1.61. The molecule has 1 aromatic rings. The first kappa shape index (κ1) is 15.8. The Bertz CT molecular complexity index is 372. The molecular formula is C13H19Br2NO2. The van der Waals surface area contributed by atoms with Crippen LogP contribution in [-0.2, 0) is 0 Å². The second-order valence-electron chi connectivity index (χ2n) is 3.87. The Hall–Kier alpha value is -0.260. The Kier molecular flexibility index (Phi) is 7.70. The SMILES string of the molecule is CCCCNCCOc1cc(Br)c(OC)cc1Br. The molecule has 0 amide bonds. The smallest absolute Gasteiger partial charge is 0.134 e. The van der Waals surface area contributed by atoms with Crippen LogP contribution in [0.2, 0.25) is 0 Å². The molecule has 0 atom stereocenters. The molecule has 0 spiro atoms. The van der Waals surface area contributed by atoms with E-state index >= 15 is 0 Å². The molecule has 0 unspecified atom stereocenters. The van der Waals surface area contributed by atoms with Crippen molar-refractivity contribution in [3.8, 4) is 11.5 Å². The summed E-state index contributed by atoms with van der Waals surface area (Å²) < 4.78 is 12.7. The molecule has 0 saturated heterocycles. The lowest BCUT2D eigenvalue weighted by atomic mass is 10.3. The molecule has 1 N–H and O–H groups in total. The van der Waals surface area contributed by atoms with Crippen molar-refractivity contribution in [2.45, 2.75) is 19.8 Å². The minimum atomic E-state index is 0.654. The van der Waals surface area contributed by atoms with Crippen LogP contribution in [0.3, 0.4) is 0 Å². The van der Waals surface area contributed by atoms with Crippen LogP contribution in [0.25, 0.3) is 0 Å². The monoisotopic (exact) mass is 379 g/mol. The maximum atomic E-state index is 5.70. The molecule has 0 aliphatic heterocycles. The van der Waals surface area contributed by atoms with Crippen LogP contribution in [0, 0.1) is 0 Å². The molecule has 18 heavy (non-hydrogen) atoms. The van der Waals surface area contributed by atoms with Gasteiger partial charge in [-0.2, -0.15) is 0 Å². The molecule has 5 heteroatoms. The van der Waals surface area contributed by atoms with E-state index in [-0.39, 0.29) is 0 Å². The van der Waals surface area contributed by atoms with E-state index in [0.717, 1.165) is 33.5 Å². The number of hydrogen-bond donors (Lipinski definition) is 1. The molecule has 1 aromatic carbocycles. The molecule has 0 saturated carbocycles. The van der Waals surface area contributed by atoms with Crippen molar-refractivity contribution >= 4 is 31.9 Å². The minimum Gasteiger partial charge on any atom is -0.496 e. The van der Waals surface area contributed by atoms with Crippen LogP contribution in [0.4, 0.5) is 0 Å². The molecule has 0 aromatic heterocycles. The minimum absolute atomic E-state index is 0.654. The number of nitrogens with one attached hydrogen (secondary N) is 1. The molecule has 1 rings (SSSR count). The lowest BCUT2D eigenvalue weighted by Crippen LogP contribution is -2.22. The summed E-state index contributed by atoms with van der Waals surface area (Å²) in [5, 5.41) is 3.34. The fourth-order valence-electron chi connectivity index (χ4n) is 1.44. The summed E-state index contributed by atoms with van der Waals surface area (Å²) in [6, 6.07) is 3.80. The van der Waals surface area contributed by atoms with Crippen LogP contribution in [0.5, 0.6) is 11.5 Å². The van der Waals surface area contributed by atoms with Crippen LogP contribution >= 0.6 is 31.9 Å². The van der Waals surface area contributed by atoms with Crippen LogP contribution < -0.4 is 14.8 Å². The first-order valence-electron chi connectivity index (χ1n) is 6.05. The van der Waals surface area contributed by atoms with Crippen LogP contribution in [-0.4, -0.2) is 26.8 Å². The van der Waals surface area contributed by atoms with E-state index in [1.165, 1.54) is 12.8 Å². The Balaban J connectivity index is 2.40. The van der Waals surface area contributed by atoms with E-state index < -0.39 is 0 Å². The van der Waals surface area contributed by atoms with Gasteiger partial charge in [-0.3, -0.25) is 0 Å². The summed E-state index contributed by atoms with van der Waals surface area (Å²) in [4.78, 5) is 0. The highest BCUT2D eigenvalue weighted by Crippen LogP contribution is 2.35. The largest absolute Gasteiger partial charge is 0.496 e. The number of rotatable bonds is 8. The second-order valence-corrected chi connectivity index (χ2v) is 5.58. The maximum absolute atomic E-state index is 5.70. The number of unbranched alkanes of at least 4 members (excludes halogenated alkanes) is 1. The van der Waals surface area contributed by atoms with Gasteiger partial charge in [-0.15, -0.1) is 0 Å². The Morgan fingerprint density at radius 3 is 2.44 bits per heavy atom. The summed E-state index contributed by atoms with van der Waals surface area (Å²) in [5.41, 5.74) is 0. The van der Waals surface area contributed by atoms with E-state index in [2.05, 4.69) is 44.1 Å². The average molecular weight is 381 g/mol. The summed E-state index contributed by atoms with van der Waals surface area (Å²) in [6.07, 6.45) is 2.42. The van der Waals surface area contributed by atoms with E-state index in [1.54, 1.807) is 7.11 Å². The fourth-order valence-corrected chi connectivity index (χ4v) is 2.36. The van der Waals surface area contributed by atoms with Gasteiger partial charge < -0.3 is 14.8 Å². The first-order chi connectivity index (χ1) is 8.69. The zero-order valence-corrected chi connectivity index (χ0v) is 13.9. The number of benzene rings is 1. The van der Waals surface area contributed by atoms with Gasteiger partial charge in [-0.1, -0.05) is 13.3 Å². The molecule has 102 valence electrons. The van der Waals surface area contributed by atoms with Gasteiger partial charge in [0.1, 0.15) is 18.1 Å². The van der Waals surface area contributed by atoms with Gasteiger partial charge in [-0.05, 0) is 57.0 Å². The third-order valence-corrected chi connectivity index (χ3v) is 3.69. The average Bonchev–Trinajstić information content (AvgIpc) is 2.37. The lowest BCUT2D eigenvalue weighted by molar-refractivity contribution is 0.311. The third-order valence-electron chi connectivity index (χ3n) is 2.45. The Labute approximate surface area is 125 Å². The van der Waals surface area contributed by atoms with Crippen molar-refractivity contribution in [1.29, 1.82) is 0 Å². The molecule has 0 aliphatic carbocycles. The highest BCUT2D eigenvalue weighted by Gasteiger charge is 2.07. The van der Waals surface area contributed by atoms with Gasteiger partial charge in [0.15, 0.2) is 0 Å². The predicted molar refractivity (Wildman–Crippen MR) is 81.7 cm³/mol. The van der Waals surface area contributed by atoms with Gasteiger partial charge in [-0.25, -0.2) is 0 Å². The molecule has 3 nitrogen and oxygen atoms in total. The van der Waals surface area contributed by atoms with Crippen molar-refractivity contribution < 1.29 is 9.47 Å². The van der Waals surface area contributed by atoms with E-state index in [9.17, 15) is 0 Å². The molecule has 0 heterocycles. The molecule has 0 aliphatic rings. The van der Waals surface area contributed by atoms with Crippen LogP contribution in [0.1, 0.15) is 19.8 Å². The van der Waals surface area contributed by atoms with E-state index in [4.69, 9.17) is 9.47 Å². The summed E-state index contributed by atoms with van der Waals surface area (Å²) in [7, 11) is 1.64. The van der Waals surface area contributed by atoms with E-state index in [1.807, 2.05) is 12.1 Å². The Morgan fingerprint density at radius 2 is 1.78 bits per heavy atom. The topological polar surface area (TPSA) is 30.5 Å². The van der Waals surface area contributed by atoms with Crippen molar-refractivity contribution in [3.63, 3.8) is 0 Å². The van der Waals surface area contributed by atoms with Crippen molar-refractivity contribution in [3.05, 3.63) is 21.1 Å². The highest BCUT2D eigenvalue weighted by atomic mass is 79.9. The van der Waals surface area contributed by atoms with Gasteiger partial charge in [0.25, 0.3) is 0 Å². The van der Waals surface area contributed by atoms with Crippen molar-refractivity contribution in [2.75, 3.05) is 26.8 Å². The maximum Gasteiger partial charge on any atom is 0.134 e. The molecule has 0 bridgehead atoms. The third kappa shape index (κ3) is 5.16. The highest BCUT2D eigenvalue weighted by molar-refractivity contribution is 9.11. The summed E-state index contributed by atoms with van der Waals surface area (Å²) >= 11 is 6.91. The number of ether oxygens (including phenoxy) is 2. The number of halogens is 2. The lowest BCUT2D eigenvalue weighted by Gasteiger charge is -2.11. The van der Waals surface area contributed by atoms with Gasteiger partial charge in [0, 0.05) is 6.54 Å². The number of hydrogen-bond acceptors (Lipinski definition) is 3. The molecular weight excluding hydrogens is 362 g/mol. The van der Waals surface area contributed by atoms with Gasteiger partial charge >= 0.3 is 0 Å². The van der Waals surface area contributed by atoms with Crippen molar-refractivity contribution in [2.24, 2.45) is 0 Å². The standard InChI is InChI=1S/C13H19Br2NO2/c1-3-4-5-16-6-7-18-13-9-10(14)12(17-2)8-11(13)15/h8-9,16H,3-7H2,1-2H3. The Morgan fingerprint density at radius 1 is 1.11 bits per heavy atom. The zero-order chi connectivity index (χ0) is 13.4. The molecule has 0 radical (unpaired) electrons. The second kappa shape index (κ2) is 8.77. The first-order valence-corrected chi connectivity index (χ1v) is 7.64. The number of methoxy groups -OCH3 is 1. The van der Waals surface area contributed by atoms with Gasteiger partial charge in [0.05, 0.1) is 16.1 Å². The molecule has 0 fully saturated rings. The summed E-state index contributed by atoms with van der Waals surface area (Å²) in [6.45, 7) is 4.74. The normalized spacial score (nSPS) is 10.4. The van der Waals surface area contributed by atoms with E-state index in [0.29, 0.717) is 6.61 Å². The zero-order valence-electron chi connectivity index (χ0n) is 10.8. The predicted octanol–water partition coefficient (Wildman–Crippen LogP) is 3.99. The van der Waals surface area contributed by atoms with Crippen LogP contribution in [0.15, 0.2) is 21.1 Å². The quantitative estimate of drug-likeness (QED) is 0.691. The van der Waals surface area contributed by atoms with Crippen molar-refractivity contribution in [1.82, 2.24) is 5.32 Å².